The number of nitrogens with two attached hydrogens (primary N) is 1. The number of aliphatic carboxylic acids is 3. The first-order chi connectivity index (χ1) is 18.8. The Balaban J connectivity index is 2.17. The minimum Gasteiger partial charge on any atom is -0.481 e. The Bertz CT molecular complexity index is 1240. The van der Waals surface area contributed by atoms with Crippen molar-refractivity contribution in [2.75, 3.05) is 0 Å². The van der Waals surface area contributed by atoms with E-state index < -0.39 is 78.6 Å². The molecule has 2 aromatic rings. The molecular formula is C26H35N5O9. The van der Waals surface area contributed by atoms with Crippen LogP contribution in [0.5, 0.6) is 0 Å². The highest BCUT2D eigenvalue weighted by Crippen LogP contribution is 2.19. The predicted molar refractivity (Wildman–Crippen MR) is 142 cm³/mol. The van der Waals surface area contributed by atoms with Crippen LogP contribution < -0.4 is 21.7 Å². The standard InChI is InChI=1S/C26H35N5O9/c1-3-13(2)22(25(38)30-19(26(39)40)11-21(34)35)31-24(37)18(8-9-20(32)33)29-23(36)16(27)10-14-12-28-17-7-5-4-6-15(14)17/h4-7,12-13,16,18-19,22,28H,3,8-11,27H2,1-2H3,(H,29,36)(H,30,38)(H,31,37)(H,32,33)(H,34,35)(H,39,40). The van der Waals surface area contributed by atoms with Crippen LogP contribution in [0.3, 0.4) is 0 Å². The van der Waals surface area contributed by atoms with Gasteiger partial charge in [0, 0.05) is 23.5 Å². The van der Waals surface area contributed by atoms with Gasteiger partial charge in [0.25, 0.3) is 0 Å². The highest BCUT2D eigenvalue weighted by atomic mass is 16.4. The molecule has 5 atom stereocenters. The van der Waals surface area contributed by atoms with Crippen molar-refractivity contribution in [3.63, 3.8) is 0 Å². The lowest BCUT2D eigenvalue weighted by Crippen LogP contribution is -2.59. The van der Waals surface area contributed by atoms with Gasteiger partial charge in [-0.3, -0.25) is 24.0 Å². The van der Waals surface area contributed by atoms with E-state index in [0.29, 0.717) is 6.42 Å². The van der Waals surface area contributed by atoms with Gasteiger partial charge in [0.15, 0.2) is 0 Å². The molecule has 0 radical (unpaired) electrons. The zero-order chi connectivity index (χ0) is 30.0. The van der Waals surface area contributed by atoms with Crippen LogP contribution in [0, 0.1) is 5.92 Å². The summed E-state index contributed by atoms with van der Waals surface area (Å²) in [5, 5.41) is 35.2. The van der Waals surface area contributed by atoms with E-state index in [1.165, 1.54) is 0 Å². The summed E-state index contributed by atoms with van der Waals surface area (Å²) in [6.45, 7) is 3.33. The smallest absolute Gasteiger partial charge is 0.326 e. The molecule has 2 rings (SSSR count). The lowest BCUT2D eigenvalue weighted by molar-refractivity contribution is -0.147. The summed E-state index contributed by atoms with van der Waals surface area (Å²) < 4.78 is 0. The van der Waals surface area contributed by atoms with Gasteiger partial charge in [0.1, 0.15) is 18.1 Å². The van der Waals surface area contributed by atoms with Gasteiger partial charge in [-0.2, -0.15) is 0 Å². The van der Waals surface area contributed by atoms with Gasteiger partial charge in [-0.05, 0) is 30.4 Å². The second-order valence-electron chi connectivity index (χ2n) is 9.53. The first kappa shape index (κ1) is 31.8. The van der Waals surface area contributed by atoms with Gasteiger partial charge in [-0.25, -0.2) is 4.79 Å². The number of para-hydroxylation sites is 1. The Morgan fingerprint density at radius 1 is 0.900 bits per heavy atom. The van der Waals surface area contributed by atoms with E-state index in [2.05, 4.69) is 20.9 Å². The normalized spacial score (nSPS) is 14.8. The Labute approximate surface area is 229 Å². The Morgan fingerprint density at radius 3 is 2.15 bits per heavy atom. The fraction of sp³-hybridized carbons (Fsp3) is 0.462. The Morgan fingerprint density at radius 2 is 1.55 bits per heavy atom. The molecule has 0 saturated carbocycles. The van der Waals surface area contributed by atoms with E-state index in [0.717, 1.165) is 16.5 Å². The number of carboxylic acid groups (broad SMARTS) is 3. The highest BCUT2D eigenvalue weighted by molar-refractivity contribution is 5.95. The fourth-order valence-electron chi connectivity index (χ4n) is 4.04. The van der Waals surface area contributed by atoms with Gasteiger partial charge in [-0.1, -0.05) is 38.5 Å². The van der Waals surface area contributed by atoms with E-state index >= 15 is 0 Å². The minimum atomic E-state index is -1.74. The quantitative estimate of drug-likeness (QED) is 0.136. The molecule has 0 aliphatic carbocycles. The van der Waals surface area contributed by atoms with Crippen LogP contribution in [0.1, 0.15) is 45.1 Å². The number of fused-ring (bicyclic) bond motifs is 1. The monoisotopic (exact) mass is 561 g/mol. The van der Waals surface area contributed by atoms with Gasteiger partial charge in [0.2, 0.25) is 17.7 Å². The highest BCUT2D eigenvalue weighted by Gasteiger charge is 2.33. The van der Waals surface area contributed by atoms with Crippen molar-refractivity contribution in [1.82, 2.24) is 20.9 Å². The number of amides is 3. The van der Waals surface area contributed by atoms with E-state index in [1.54, 1.807) is 20.0 Å². The maximum atomic E-state index is 13.2. The second-order valence-corrected chi connectivity index (χ2v) is 9.53. The summed E-state index contributed by atoms with van der Waals surface area (Å²) in [6, 6.07) is 1.92. The number of rotatable bonds is 16. The summed E-state index contributed by atoms with van der Waals surface area (Å²) in [4.78, 5) is 75.7. The third kappa shape index (κ3) is 9.08. The lowest BCUT2D eigenvalue weighted by Gasteiger charge is -2.28. The number of hydrogen-bond acceptors (Lipinski definition) is 7. The fourth-order valence-corrected chi connectivity index (χ4v) is 4.04. The number of aromatic nitrogens is 1. The summed E-state index contributed by atoms with van der Waals surface area (Å²) in [5.74, 6) is -7.28. The minimum absolute atomic E-state index is 0.126. The Kier molecular flexibility index (Phi) is 11.6. The SMILES string of the molecule is CCC(C)C(NC(=O)C(CCC(=O)O)NC(=O)C(N)Cc1c[nH]c2ccccc12)C(=O)NC(CC(=O)O)C(=O)O. The molecule has 0 aliphatic rings. The zero-order valence-corrected chi connectivity index (χ0v) is 22.2. The molecule has 1 aromatic heterocycles. The number of H-pyrrole nitrogens is 1. The van der Waals surface area contributed by atoms with E-state index in [4.69, 9.17) is 15.9 Å². The van der Waals surface area contributed by atoms with Crippen LogP contribution >= 0.6 is 0 Å². The molecule has 0 saturated heterocycles. The first-order valence-electron chi connectivity index (χ1n) is 12.7. The van der Waals surface area contributed by atoms with Crippen molar-refractivity contribution >= 4 is 46.5 Å². The van der Waals surface area contributed by atoms with Crippen LogP contribution in [0.15, 0.2) is 30.5 Å². The molecule has 0 fully saturated rings. The summed E-state index contributed by atoms with van der Waals surface area (Å²) >= 11 is 0. The van der Waals surface area contributed by atoms with Crippen LogP contribution in [0.25, 0.3) is 10.9 Å². The number of carboxylic acids is 3. The molecular weight excluding hydrogens is 526 g/mol. The maximum absolute atomic E-state index is 13.2. The number of carbonyl (C=O) groups excluding carboxylic acids is 3. The molecule has 0 bridgehead atoms. The molecule has 14 heteroatoms. The molecule has 1 heterocycles. The van der Waals surface area contributed by atoms with Gasteiger partial charge < -0.3 is 42.0 Å². The first-order valence-corrected chi connectivity index (χ1v) is 12.7. The zero-order valence-electron chi connectivity index (χ0n) is 22.2. The van der Waals surface area contributed by atoms with Crippen molar-refractivity contribution < 1.29 is 44.1 Å². The number of nitrogens with one attached hydrogen (secondary N) is 4. The molecule has 1 aromatic carbocycles. The van der Waals surface area contributed by atoms with Crippen LogP contribution in [0.2, 0.25) is 0 Å². The largest absolute Gasteiger partial charge is 0.481 e. The third-order valence-corrected chi connectivity index (χ3v) is 6.52. The van der Waals surface area contributed by atoms with E-state index in [1.807, 2.05) is 24.3 Å². The number of carbonyl (C=O) groups is 6. The van der Waals surface area contributed by atoms with Crippen molar-refractivity contribution in [2.45, 2.75) is 70.1 Å². The van der Waals surface area contributed by atoms with E-state index in [-0.39, 0.29) is 12.8 Å². The van der Waals surface area contributed by atoms with Crippen LogP contribution in [0.4, 0.5) is 0 Å². The molecule has 3 amide bonds. The summed E-state index contributed by atoms with van der Waals surface area (Å²) in [5.41, 5.74) is 7.73. The average Bonchev–Trinajstić information content (AvgIpc) is 3.30. The molecule has 40 heavy (non-hydrogen) atoms. The molecule has 14 nitrogen and oxygen atoms in total. The van der Waals surface area contributed by atoms with Crippen LogP contribution in [-0.4, -0.2) is 80.1 Å². The van der Waals surface area contributed by atoms with Crippen molar-refractivity contribution in [1.29, 1.82) is 0 Å². The van der Waals surface area contributed by atoms with Crippen molar-refractivity contribution in [2.24, 2.45) is 11.7 Å². The molecule has 0 aliphatic heterocycles. The molecule has 218 valence electrons. The van der Waals surface area contributed by atoms with Gasteiger partial charge >= 0.3 is 17.9 Å². The van der Waals surface area contributed by atoms with Gasteiger partial charge in [-0.15, -0.1) is 0 Å². The van der Waals surface area contributed by atoms with Crippen molar-refractivity contribution in [3.8, 4) is 0 Å². The molecule has 5 unspecified atom stereocenters. The maximum Gasteiger partial charge on any atom is 0.326 e. The topological polar surface area (TPSA) is 241 Å². The van der Waals surface area contributed by atoms with Crippen molar-refractivity contribution in [3.05, 3.63) is 36.0 Å². The third-order valence-electron chi connectivity index (χ3n) is 6.52. The number of benzene rings is 1. The molecule has 0 spiro atoms. The Hall–Kier alpha value is -4.46. The summed E-state index contributed by atoms with van der Waals surface area (Å²) in [6.07, 6.45) is 0.552. The van der Waals surface area contributed by atoms with Crippen LogP contribution in [-0.2, 0) is 35.2 Å². The lowest BCUT2D eigenvalue weighted by atomic mass is 9.97. The van der Waals surface area contributed by atoms with Gasteiger partial charge in [0.05, 0.1) is 12.5 Å². The van der Waals surface area contributed by atoms with E-state index in [9.17, 15) is 33.9 Å². The number of aromatic amines is 1. The molecule has 9 N–H and O–H groups in total. The second kappa shape index (κ2) is 14.6. The average molecular weight is 562 g/mol. The number of hydrogen-bond donors (Lipinski definition) is 8. The predicted octanol–water partition coefficient (Wildman–Crippen LogP) is -0.0377. The summed E-state index contributed by atoms with van der Waals surface area (Å²) in [7, 11) is 0.